The molecule has 1 fully saturated rings. The molecular weight excluding hydrogens is 258 g/mol. The van der Waals surface area contributed by atoms with Crippen molar-refractivity contribution in [1.29, 1.82) is 5.26 Å². The van der Waals surface area contributed by atoms with Crippen molar-refractivity contribution >= 4 is 16.5 Å². The molecule has 3 rings (SSSR count). The topological polar surface area (TPSA) is 30.3 Å². The van der Waals surface area contributed by atoms with Crippen molar-refractivity contribution in [1.82, 2.24) is 4.90 Å². The van der Waals surface area contributed by atoms with Crippen molar-refractivity contribution < 1.29 is 0 Å². The molecule has 0 N–H and O–H groups in total. The summed E-state index contributed by atoms with van der Waals surface area (Å²) in [4.78, 5) is 4.92. The minimum atomic E-state index is 0.605. The van der Waals surface area contributed by atoms with Crippen LogP contribution in [-0.4, -0.2) is 37.6 Å². The summed E-state index contributed by atoms with van der Waals surface area (Å²) in [6.07, 6.45) is 1.17. The van der Waals surface area contributed by atoms with Crippen molar-refractivity contribution in [2.24, 2.45) is 0 Å². The summed E-state index contributed by atoms with van der Waals surface area (Å²) in [5, 5.41) is 11.5. The zero-order valence-corrected chi connectivity index (χ0v) is 12.7. The van der Waals surface area contributed by atoms with Crippen LogP contribution < -0.4 is 4.90 Å². The molecule has 2 aromatic rings. The monoisotopic (exact) mass is 279 g/mol. The maximum Gasteiger partial charge on any atom is 0.0998 e. The van der Waals surface area contributed by atoms with Crippen LogP contribution in [0, 0.1) is 11.3 Å². The van der Waals surface area contributed by atoms with Crippen LogP contribution in [-0.2, 0) is 0 Å². The molecule has 1 aliphatic rings. The first-order valence-electron chi connectivity index (χ1n) is 7.61. The standard InChI is InChI=1S/C18H21N3/c1-3-15-13-21(11-10-20(15)2)18-9-8-14(12-19)16-6-4-5-7-17(16)18/h4-9,15H,3,10-11,13H2,1-2H3. The third-order valence-electron chi connectivity index (χ3n) is 4.61. The van der Waals surface area contributed by atoms with E-state index in [2.05, 4.69) is 48.0 Å². The van der Waals surface area contributed by atoms with Gasteiger partial charge in [0.15, 0.2) is 0 Å². The number of hydrogen-bond donors (Lipinski definition) is 0. The molecule has 1 unspecified atom stereocenters. The number of likely N-dealkylation sites (N-methyl/N-ethyl adjacent to an activating group) is 1. The molecule has 1 atom stereocenters. The number of nitrogens with zero attached hydrogens (tertiary/aromatic N) is 3. The van der Waals surface area contributed by atoms with Crippen molar-refractivity contribution in [2.45, 2.75) is 19.4 Å². The summed E-state index contributed by atoms with van der Waals surface area (Å²) in [6, 6.07) is 15.2. The molecule has 21 heavy (non-hydrogen) atoms. The predicted molar refractivity (Wildman–Crippen MR) is 87.6 cm³/mol. The molecule has 0 saturated carbocycles. The van der Waals surface area contributed by atoms with E-state index in [0.29, 0.717) is 6.04 Å². The second-order valence-electron chi connectivity index (χ2n) is 5.78. The Labute approximate surface area is 126 Å². The third kappa shape index (κ3) is 2.48. The minimum Gasteiger partial charge on any atom is -0.368 e. The van der Waals surface area contributed by atoms with Gasteiger partial charge in [-0.15, -0.1) is 0 Å². The second-order valence-corrected chi connectivity index (χ2v) is 5.78. The molecule has 0 amide bonds. The van der Waals surface area contributed by atoms with Crippen LogP contribution >= 0.6 is 0 Å². The highest BCUT2D eigenvalue weighted by Crippen LogP contribution is 2.30. The van der Waals surface area contributed by atoms with Gasteiger partial charge in [-0.3, -0.25) is 4.90 Å². The van der Waals surface area contributed by atoms with Gasteiger partial charge in [-0.1, -0.05) is 31.2 Å². The van der Waals surface area contributed by atoms with Crippen LogP contribution in [0.5, 0.6) is 0 Å². The Morgan fingerprint density at radius 3 is 2.62 bits per heavy atom. The number of hydrogen-bond acceptors (Lipinski definition) is 3. The molecule has 3 nitrogen and oxygen atoms in total. The first kappa shape index (κ1) is 13.9. The average molecular weight is 279 g/mol. The van der Waals surface area contributed by atoms with Gasteiger partial charge >= 0.3 is 0 Å². The Balaban J connectivity index is 2.04. The summed E-state index contributed by atoms with van der Waals surface area (Å²) in [6.45, 7) is 5.44. The molecule has 0 bridgehead atoms. The molecule has 108 valence electrons. The SMILES string of the molecule is CCC1CN(c2ccc(C#N)c3ccccc23)CCN1C. The number of anilines is 1. The summed E-state index contributed by atoms with van der Waals surface area (Å²) < 4.78 is 0. The van der Waals surface area contributed by atoms with E-state index < -0.39 is 0 Å². The first-order valence-corrected chi connectivity index (χ1v) is 7.61. The van der Waals surface area contributed by atoms with E-state index >= 15 is 0 Å². The lowest BCUT2D eigenvalue weighted by Gasteiger charge is -2.40. The molecule has 0 radical (unpaired) electrons. The molecule has 0 aromatic heterocycles. The van der Waals surface area contributed by atoms with Crippen LogP contribution in [0.15, 0.2) is 36.4 Å². The number of fused-ring (bicyclic) bond motifs is 1. The van der Waals surface area contributed by atoms with Gasteiger partial charge in [-0.25, -0.2) is 0 Å². The maximum absolute atomic E-state index is 9.28. The Morgan fingerprint density at radius 2 is 1.90 bits per heavy atom. The molecular formula is C18H21N3. The Kier molecular flexibility index (Phi) is 3.81. The molecule has 1 aliphatic heterocycles. The van der Waals surface area contributed by atoms with Gasteiger partial charge in [0.25, 0.3) is 0 Å². The zero-order valence-electron chi connectivity index (χ0n) is 12.7. The van der Waals surface area contributed by atoms with E-state index in [9.17, 15) is 5.26 Å². The summed E-state index contributed by atoms with van der Waals surface area (Å²) >= 11 is 0. The molecule has 1 saturated heterocycles. The highest BCUT2D eigenvalue weighted by molar-refractivity contribution is 5.97. The van der Waals surface area contributed by atoms with Gasteiger partial charge in [0, 0.05) is 42.1 Å². The molecule has 3 heteroatoms. The highest BCUT2D eigenvalue weighted by atomic mass is 15.3. The van der Waals surface area contributed by atoms with E-state index in [1.165, 1.54) is 17.5 Å². The lowest BCUT2D eigenvalue weighted by Crippen LogP contribution is -2.51. The van der Waals surface area contributed by atoms with Crippen molar-refractivity contribution in [3.05, 3.63) is 42.0 Å². The Hall–Kier alpha value is -2.05. The number of piperazine rings is 1. The molecule has 2 aromatic carbocycles. The minimum absolute atomic E-state index is 0.605. The van der Waals surface area contributed by atoms with Gasteiger partial charge in [-0.2, -0.15) is 5.26 Å². The first-order chi connectivity index (χ1) is 10.2. The van der Waals surface area contributed by atoms with E-state index in [0.717, 1.165) is 30.6 Å². The van der Waals surface area contributed by atoms with Crippen LogP contribution in [0.1, 0.15) is 18.9 Å². The fourth-order valence-electron chi connectivity index (χ4n) is 3.26. The number of rotatable bonds is 2. The van der Waals surface area contributed by atoms with Gasteiger partial charge in [0.05, 0.1) is 11.6 Å². The number of nitriles is 1. The Bertz CT molecular complexity index is 686. The van der Waals surface area contributed by atoms with Crippen molar-refractivity contribution in [3.8, 4) is 6.07 Å². The summed E-state index contributed by atoms with van der Waals surface area (Å²) in [5.74, 6) is 0. The van der Waals surface area contributed by atoms with Crippen LogP contribution in [0.2, 0.25) is 0 Å². The lowest BCUT2D eigenvalue weighted by atomic mass is 10.0. The third-order valence-corrected chi connectivity index (χ3v) is 4.61. The molecule has 1 heterocycles. The van der Waals surface area contributed by atoms with Crippen molar-refractivity contribution in [2.75, 3.05) is 31.6 Å². The van der Waals surface area contributed by atoms with Gasteiger partial charge in [0.2, 0.25) is 0 Å². The maximum atomic E-state index is 9.28. The lowest BCUT2D eigenvalue weighted by molar-refractivity contribution is 0.213. The summed E-state index contributed by atoms with van der Waals surface area (Å²) in [5.41, 5.74) is 2.02. The van der Waals surface area contributed by atoms with Crippen LogP contribution in [0.3, 0.4) is 0 Å². The van der Waals surface area contributed by atoms with Gasteiger partial charge < -0.3 is 4.90 Å². The molecule has 0 spiro atoms. The normalized spacial score (nSPS) is 19.7. The Morgan fingerprint density at radius 1 is 1.14 bits per heavy atom. The van der Waals surface area contributed by atoms with Gasteiger partial charge in [-0.05, 0) is 25.6 Å². The predicted octanol–water partition coefficient (Wildman–Crippen LogP) is 3.24. The fourth-order valence-corrected chi connectivity index (χ4v) is 3.26. The van der Waals surface area contributed by atoms with Gasteiger partial charge in [0.1, 0.15) is 0 Å². The highest BCUT2D eigenvalue weighted by Gasteiger charge is 2.24. The molecule has 0 aliphatic carbocycles. The zero-order chi connectivity index (χ0) is 14.8. The van der Waals surface area contributed by atoms with E-state index in [-0.39, 0.29) is 0 Å². The largest absolute Gasteiger partial charge is 0.368 e. The second kappa shape index (κ2) is 5.75. The summed E-state index contributed by atoms with van der Waals surface area (Å²) in [7, 11) is 2.21. The van der Waals surface area contributed by atoms with Crippen LogP contribution in [0.25, 0.3) is 10.8 Å². The van der Waals surface area contributed by atoms with Crippen molar-refractivity contribution in [3.63, 3.8) is 0 Å². The number of benzene rings is 2. The van der Waals surface area contributed by atoms with Crippen LogP contribution in [0.4, 0.5) is 5.69 Å². The fraction of sp³-hybridized carbons (Fsp3) is 0.389. The van der Waals surface area contributed by atoms with E-state index in [1.807, 2.05) is 18.2 Å². The van der Waals surface area contributed by atoms with E-state index in [1.54, 1.807) is 0 Å². The smallest absolute Gasteiger partial charge is 0.0998 e. The quantitative estimate of drug-likeness (QED) is 0.845. The average Bonchev–Trinajstić information content (AvgIpc) is 2.54. The van der Waals surface area contributed by atoms with E-state index in [4.69, 9.17) is 0 Å².